The predicted molar refractivity (Wildman–Crippen MR) is 120 cm³/mol. The normalized spacial score (nSPS) is 16.9. The molecule has 10 heteroatoms. The van der Waals surface area contributed by atoms with Crippen LogP contribution in [0.25, 0.3) is 0 Å². The minimum Gasteiger partial charge on any atom is -0.502 e. The molecular weight excluding hydrogens is 432 g/mol. The topological polar surface area (TPSA) is 117 Å². The fourth-order valence-electron chi connectivity index (χ4n) is 4.19. The number of piperidine rings is 1. The van der Waals surface area contributed by atoms with Crippen LogP contribution >= 0.6 is 11.8 Å². The van der Waals surface area contributed by atoms with E-state index in [0.29, 0.717) is 37.4 Å². The van der Waals surface area contributed by atoms with Crippen molar-refractivity contribution in [2.24, 2.45) is 0 Å². The van der Waals surface area contributed by atoms with E-state index < -0.39 is 22.3 Å². The molecule has 0 spiro atoms. The summed E-state index contributed by atoms with van der Waals surface area (Å²) in [5.41, 5.74) is 1.68. The molecule has 0 bridgehead atoms. The molecule has 9 nitrogen and oxygen atoms in total. The number of aromatic nitrogens is 1. The van der Waals surface area contributed by atoms with Gasteiger partial charge in [-0.3, -0.25) is 24.7 Å². The highest BCUT2D eigenvalue weighted by molar-refractivity contribution is 7.99. The number of pyridine rings is 1. The lowest BCUT2D eigenvalue weighted by atomic mass is 9.89. The molecule has 2 saturated heterocycles. The molecule has 0 atom stereocenters. The Balaban J connectivity index is 1.50. The van der Waals surface area contributed by atoms with Gasteiger partial charge in [0.25, 0.3) is 11.8 Å². The Bertz CT molecular complexity index is 1060. The molecule has 4 rings (SSSR count). The number of nitro benzene ring substituents is 1. The first kappa shape index (κ1) is 22.1. The van der Waals surface area contributed by atoms with Gasteiger partial charge in [0.15, 0.2) is 0 Å². The summed E-state index contributed by atoms with van der Waals surface area (Å²) in [5, 5.41) is 21.2. The minimum absolute atomic E-state index is 0.00229. The summed E-state index contributed by atoms with van der Waals surface area (Å²) in [7, 11) is 0. The summed E-state index contributed by atoms with van der Waals surface area (Å²) >= 11 is 1.73. The van der Waals surface area contributed by atoms with Gasteiger partial charge in [-0.2, -0.15) is 0 Å². The second-order valence-corrected chi connectivity index (χ2v) is 9.06. The standard InChI is InChI=1S/C22H24N4O5S/c1-14-5-6-16(21(28)25-11-12-32-13-25)19(23-14)15-7-9-24(10-8-15)22(29)17-3-2-4-18(20(17)27)26(30)31/h2-6,15,27H,7-13H2,1H3. The number of nitro groups is 1. The first-order valence-electron chi connectivity index (χ1n) is 10.5. The smallest absolute Gasteiger partial charge is 0.311 e. The number of para-hydroxylation sites is 1. The number of rotatable bonds is 4. The maximum Gasteiger partial charge on any atom is 0.311 e. The molecule has 0 radical (unpaired) electrons. The number of amides is 2. The maximum absolute atomic E-state index is 13.0. The van der Waals surface area contributed by atoms with E-state index in [4.69, 9.17) is 0 Å². The predicted octanol–water partition coefficient (Wildman–Crippen LogP) is 3.17. The molecule has 2 aliphatic rings. The van der Waals surface area contributed by atoms with Crippen LogP contribution in [0.2, 0.25) is 0 Å². The number of nitrogens with zero attached hydrogens (tertiary/aromatic N) is 4. The van der Waals surface area contributed by atoms with E-state index in [9.17, 15) is 24.8 Å². The monoisotopic (exact) mass is 456 g/mol. The SMILES string of the molecule is Cc1ccc(C(=O)N2CCSC2)c(C2CCN(C(=O)c3cccc([N+](=O)[O-])c3O)CC2)n1. The van der Waals surface area contributed by atoms with Crippen LogP contribution in [0.4, 0.5) is 5.69 Å². The van der Waals surface area contributed by atoms with Crippen LogP contribution in [-0.2, 0) is 0 Å². The van der Waals surface area contributed by atoms with Crippen molar-refractivity contribution in [3.63, 3.8) is 0 Å². The second kappa shape index (κ2) is 9.15. The van der Waals surface area contributed by atoms with Crippen LogP contribution in [0.5, 0.6) is 5.75 Å². The van der Waals surface area contributed by atoms with Crippen molar-refractivity contribution < 1.29 is 19.6 Å². The van der Waals surface area contributed by atoms with E-state index in [1.165, 1.54) is 18.2 Å². The van der Waals surface area contributed by atoms with E-state index in [2.05, 4.69) is 4.98 Å². The highest BCUT2D eigenvalue weighted by atomic mass is 32.2. The molecular formula is C22H24N4O5S. The van der Waals surface area contributed by atoms with Crippen molar-refractivity contribution in [3.05, 3.63) is 63.0 Å². The molecule has 2 amide bonds. The molecule has 3 heterocycles. The van der Waals surface area contributed by atoms with Gasteiger partial charge in [0.2, 0.25) is 5.75 Å². The van der Waals surface area contributed by atoms with Gasteiger partial charge in [-0.1, -0.05) is 6.07 Å². The van der Waals surface area contributed by atoms with Crippen molar-refractivity contribution >= 4 is 29.3 Å². The van der Waals surface area contributed by atoms with Gasteiger partial charge in [-0.25, -0.2) is 0 Å². The lowest BCUT2D eigenvalue weighted by Crippen LogP contribution is -2.38. The number of carbonyl (C=O) groups is 2. The summed E-state index contributed by atoms with van der Waals surface area (Å²) < 4.78 is 0. The highest BCUT2D eigenvalue weighted by Crippen LogP contribution is 2.34. The Morgan fingerprint density at radius 3 is 2.47 bits per heavy atom. The molecule has 168 valence electrons. The van der Waals surface area contributed by atoms with Crippen LogP contribution in [0.15, 0.2) is 30.3 Å². The number of phenols is 1. The molecule has 2 aromatic rings. The van der Waals surface area contributed by atoms with Gasteiger partial charge in [0.1, 0.15) is 0 Å². The Morgan fingerprint density at radius 2 is 1.81 bits per heavy atom. The van der Waals surface area contributed by atoms with E-state index in [1.54, 1.807) is 16.7 Å². The number of aromatic hydroxyl groups is 1. The number of hydrogen-bond acceptors (Lipinski definition) is 7. The number of aryl methyl sites for hydroxylation is 1. The van der Waals surface area contributed by atoms with E-state index >= 15 is 0 Å². The molecule has 2 aliphatic heterocycles. The molecule has 32 heavy (non-hydrogen) atoms. The quantitative estimate of drug-likeness (QED) is 0.555. The summed E-state index contributed by atoms with van der Waals surface area (Å²) in [6, 6.07) is 7.65. The fourth-order valence-corrected chi connectivity index (χ4v) is 5.14. The molecule has 2 fully saturated rings. The van der Waals surface area contributed by atoms with Crippen LogP contribution in [0, 0.1) is 17.0 Å². The Kier molecular flexibility index (Phi) is 6.31. The summed E-state index contributed by atoms with van der Waals surface area (Å²) in [4.78, 5) is 44.4. The molecule has 0 unspecified atom stereocenters. The Labute approximate surface area is 189 Å². The van der Waals surface area contributed by atoms with Gasteiger partial charge < -0.3 is 14.9 Å². The van der Waals surface area contributed by atoms with Crippen LogP contribution < -0.4 is 0 Å². The lowest BCUT2D eigenvalue weighted by molar-refractivity contribution is -0.385. The van der Waals surface area contributed by atoms with Gasteiger partial charge in [0, 0.05) is 43.1 Å². The fraction of sp³-hybridized carbons (Fsp3) is 0.409. The van der Waals surface area contributed by atoms with E-state index in [-0.39, 0.29) is 17.4 Å². The third-order valence-electron chi connectivity index (χ3n) is 5.94. The number of benzene rings is 1. The zero-order chi connectivity index (χ0) is 22.8. The Hall–Kier alpha value is -3.14. The van der Waals surface area contributed by atoms with Crippen LogP contribution in [0.1, 0.15) is 50.9 Å². The van der Waals surface area contributed by atoms with Crippen molar-refractivity contribution in [2.75, 3.05) is 31.3 Å². The van der Waals surface area contributed by atoms with Crippen LogP contribution in [-0.4, -0.2) is 67.9 Å². The third kappa shape index (κ3) is 4.27. The minimum atomic E-state index is -0.709. The highest BCUT2D eigenvalue weighted by Gasteiger charge is 2.32. The van der Waals surface area contributed by atoms with E-state index in [1.807, 2.05) is 24.0 Å². The molecule has 1 N–H and O–H groups in total. The van der Waals surface area contributed by atoms with Crippen molar-refractivity contribution in [1.82, 2.24) is 14.8 Å². The number of carbonyl (C=O) groups excluding carboxylic acids is 2. The van der Waals surface area contributed by atoms with Gasteiger partial charge in [-0.15, -0.1) is 11.8 Å². The largest absolute Gasteiger partial charge is 0.502 e. The zero-order valence-electron chi connectivity index (χ0n) is 17.7. The number of likely N-dealkylation sites (tertiary alicyclic amines) is 1. The lowest BCUT2D eigenvalue weighted by Gasteiger charge is -2.33. The Morgan fingerprint density at radius 1 is 1.09 bits per heavy atom. The van der Waals surface area contributed by atoms with E-state index in [0.717, 1.165) is 23.7 Å². The summed E-state index contributed by atoms with van der Waals surface area (Å²) in [6.45, 7) is 3.45. The first-order chi connectivity index (χ1) is 15.4. The number of hydrogen-bond donors (Lipinski definition) is 1. The average Bonchev–Trinajstić information content (AvgIpc) is 3.33. The summed E-state index contributed by atoms with van der Waals surface area (Å²) in [6.07, 6.45) is 1.24. The summed E-state index contributed by atoms with van der Waals surface area (Å²) in [5.74, 6) is 0.606. The van der Waals surface area contributed by atoms with Crippen molar-refractivity contribution in [1.29, 1.82) is 0 Å². The molecule has 1 aromatic heterocycles. The molecule has 1 aromatic carbocycles. The number of thioether (sulfide) groups is 1. The third-order valence-corrected chi connectivity index (χ3v) is 6.91. The zero-order valence-corrected chi connectivity index (χ0v) is 18.5. The van der Waals surface area contributed by atoms with Crippen LogP contribution in [0.3, 0.4) is 0 Å². The van der Waals surface area contributed by atoms with Gasteiger partial charge >= 0.3 is 5.69 Å². The first-order valence-corrected chi connectivity index (χ1v) is 11.6. The number of phenolic OH excluding ortho intramolecular Hbond substituents is 1. The maximum atomic E-state index is 13.0. The molecule has 0 aliphatic carbocycles. The second-order valence-electron chi connectivity index (χ2n) is 7.99. The average molecular weight is 457 g/mol. The van der Waals surface area contributed by atoms with Gasteiger partial charge in [0.05, 0.1) is 27.6 Å². The van der Waals surface area contributed by atoms with Crippen molar-refractivity contribution in [3.8, 4) is 5.75 Å². The van der Waals surface area contributed by atoms with Gasteiger partial charge in [-0.05, 0) is 38.0 Å². The molecule has 0 saturated carbocycles. The van der Waals surface area contributed by atoms with Crippen molar-refractivity contribution in [2.45, 2.75) is 25.7 Å².